The highest BCUT2D eigenvalue weighted by molar-refractivity contribution is 5.24. The van der Waals surface area contributed by atoms with Crippen molar-refractivity contribution >= 4 is 0 Å². The highest BCUT2D eigenvalue weighted by Crippen LogP contribution is 2.13. The van der Waals surface area contributed by atoms with Crippen LogP contribution in [0.5, 0.6) is 0 Å². The van der Waals surface area contributed by atoms with E-state index < -0.39 is 0 Å². The maximum Gasteiger partial charge on any atom is 0.0641 e. The smallest absolute Gasteiger partial charge is 0.0641 e. The lowest BCUT2D eigenvalue weighted by atomic mass is 10.2. The van der Waals surface area contributed by atoms with Gasteiger partial charge in [-0.05, 0) is 27.4 Å². The first-order valence-electron chi connectivity index (χ1n) is 7.76. The van der Waals surface area contributed by atoms with Gasteiger partial charge in [-0.15, -0.1) is 0 Å². The van der Waals surface area contributed by atoms with Crippen LogP contribution in [0.1, 0.15) is 23.9 Å². The van der Waals surface area contributed by atoms with Gasteiger partial charge in [0.25, 0.3) is 0 Å². The van der Waals surface area contributed by atoms with Crippen LogP contribution in [-0.4, -0.2) is 65.9 Å². The highest BCUT2D eigenvalue weighted by Gasteiger charge is 2.15. The van der Waals surface area contributed by atoms with Crippen molar-refractivity contribution in [2.24, 2.45) is 0 Å². The number of likely N-dealkylation sites (N-methyl/N-ethyl adjacent to an activating group) is 1. The molecule has 5 nitrogen and oxygen atoms in total. The number of piperazine rings is 1. The largest absolute Gasteiger partial charge is 0.313 e. The van der Waals surface area contributed by atoms with Crippen molar-refractivity contribution in [3.63, 3.8) is 0 Å². The molecular formula is C15H29N5. The lowest BCUT2D eigenvalue weighted by molar-refractivity contribution is 0.148. The zero-order valence-corrected chi connectivity index (χ0v) is 13.4. The molecule has 0 aromatic carbocycles. The molecule has 1 saturated heterocycles. The predicted octanol–water partition coefficient (Wildman–Crippen LogP) is 0.857. The number of hydrogen-bond acceptors (Lipinski definition) is 4. The third kappa shape index (κ3) is 3.81. The Balaban J connectivity index is 1.89. The summed E-state index contributed by atoms with van der Waals surface area (Å²) < 4.78 is 2.18. The second-order valence-corrected chi connectivity index (χ2v) is 5.80. The van der Waals surface area contributed by atoms with E-state index in [1.54, 1.807) is 0 Å². The fourth-order valence-corrected chi connectivity index (χ4v) is 2.77. The molecule has 1 aliphatic heterocycles. The summed E-state index contributed by atoms with van der Waals surface area (Å²) >= 11 is 0. The SMILES string of the molecule is CCNCc1c(C)nn(CCN2CCN(C)CC2)c1C. The maximum absolute atomic E-state index is 4.70. The molecule has 2 heterocycles. The minimum absolute atomic E-state index is 0.933. The maximum atomic E-state index is 4.70. The Kier molecular flexibility index (Phi) is 5.57. The number of aryl methyl sites for hydroxylation is 1. The molecule has 1 N–H and O–H groups in total. The van der Waals surface area contributed by atoms with Crippen molar-refractivity contribution in [2.75, 3.05) is 46.3 Å². The number of nitrogens with zero attached hydrogens (tertiary/aromatic N) is 4. The van der Waals surface area contributed by atoms with E-state index in [4.69, 9.17) is 5.10 Å². The van der Waals surface area contributed by atoms with Crippen molar-refractivity contribution in [1.82, 2.24) is 24.9 Å². The Labute approximate surface area is 122 Å². The number of rotatable bonds is 6. The Morgan fingerprint density at radius 3 is 2.45 bits per heavy atom. The number of hydrogen-bond donors (Lipinski definition) is 1. The van der Waals surface area contributed by atoms with Crippen LogP contribution in [0.25, 0.3) is 0 Å². The van der Waals surface area contributed by atoms with Gasteiger partial charge in [-0.2, -0.15) is 5.10 Å². The van der Waals surface area contributed by atoms with Crippen LogP contribution in [0.2, 0.25) is 0 Å². The van der Waals surface area contributed by atoms with Crippen LogP contribution < -0.4 is 5.32 Å². The molecule has 1 aliphatic rings. The third-order valence-corrected chi connectivity index (χ3v) is 4.31. The van der Waals surface area contributed by atoms with Crippen LogP contribution in [0.15, 0.2) is 0 Å². The zero-order valence-electron chi connectivity index (χ0n) is 13.4. The molecule has 2 rings (SSSR count). The van der Waals surface area contributed by atoms with E-state index in [9.17, 15) is 0 Å². The fourth-order valence-electron chi connectivity index (χ4n) is 2.77. The quantitative estimate of drug-likeness (QED) is 0.838. The lowest BCUT2D eigenvalue weighted by Crippen LogP contribution is -2.45. The first-order valence-corrected chi connectivity index (χ1v) is 7.76. The predicted molar refractivity (Wildman–Crippen MR) is 83.0 cm³/mol. The summed E-state index contributed by atoms with van der Waals surface area (Å²) in [7, 11) is 2.20. The average Bonchev–Trinajstić information content (AvgIpc) is 2.71. The molecule has 1 aromatic rings. The van der Waals surface area contributed by atoms with Crippen LogP contribution in [-0.2, 0) is 13.1 Å². The van der Waals surface area contributed by atoms with Crippen molar-refractivity contribution < 1.29 is 0 Å². The van der Waals surface area contributed by atoms with E-state index in [1.807, 2.05) is 0 Å². The summed E-state index contributed by atoms with van der Waals surface area (Å²) in [6.45, 7) is 15.2. The van der Waals surface area contributed by atoms with Gasteiger partial charge in [-0.25, -0.2) is 0 Å². The lowest BCUT2D eigenvalue weighted by Gasteiger charge is -2.32. The first-order chi connectivity index (χ1) is 9.61. The minimum Gasteiger partial charge on any atom is -0.313 e. The standard InChI is InChI=1S/C15H29N5/c1-5-16-12-15-13(2)17-20(14(15)3)11-10-19-8-6-18(4)7-9-19/h16H,5-12H2,1-4H3. The van der Waals surface area contributed by atoms with E-state index >= 15 is 0 Å². The van der Waals surface area contributed by atoms with Crippen molar-refractivity contribution in [1.29, 1.82) is 0 Å². The van der Waals surface area contributed by atoms with Gasteiger partial charge >= 0.3 is 0 Å². The molecule has 0 atom stereocenters. The highest BCUT2D eigenvalue weighted by atomic mass is 15.3. The number of aromatic nitrogens is 2. The second-order valence-electron chi connectivity index (χ2n) is 5.80. The molecule has 1 aromatic heterocycles. The molecular weight excluding hydrogens is 250 g/mol. The van der Waals surface area contributed by atoms with Crippen LogP contribution in [0, 0.1) is 13.8 Å². The van der Waals surface area contributed by atoms with E-state index in [-0.39, 0.29) is 0 Å². The molecule has 1 fully saturated rings. The van der Waals surface area contributed by atoms with E-state index in [0.29, 0.717) is 0 Å². The molecule has 0 spiro atoms. The minimum atomic E-state index is 0.933. The summed E-state index contributed by atoms with van der Waals surface area (Å²) in [4.78, 5) is 4.94. The summed E-state index contributed by atoms with van der Waals surface area (Å²) in [6.07, 6.45) is 0. The molecule has 0 aliphatic carbocycles. The third-order valence-electron chi connectivity index (χ3n) is 4.31. The number of nitrogens with one attached hydrogen (secondary N) is 1. The molecule has 0 radical (unpaired) electrons. The average molecular weight is 279 g/mol. The normalized spacial score (nSPS) is 17.8. The van der Waals surface area contributed by atoms with Gasteiger partial charge in [-0.3, -0.25) is 9.58 Å². The Morgan fingerprint density at radius 1 is 1.10 bits per heavy atom. The van der Waals surface area contributed by atoms with Gasteiger partial charge in [0, 0.05) is 50.5 Å². The molecule has 114 valence electrons. The Morgan fingerprint density at radius 2 is 1.80 bits per heavy atom. The summed E-state index contributed by atoms with van der Waals surface area (Å²) in [6, 6.07) is 0. The Bertz CT molecular complexity index is 418. The van der Waals surface area contributed by atoms with E-state index in [2.05, 4.69) is 47.6 Å². The zero-order chi connectivity index (χ0) is 14.5. The first kappa shape index (κ1) is 15.5. The monoisotopic (exact) mass is 279 g/mol. The molecule has 0 unspecified atom stereocenters. The molecule has 0 amide bonds. The van der Waals surface area contributed by atoms with Gasteiger partial charge in [0.05, 0.1) is 12.2 Å². The topological polar surface area (TPSA) is 36.3 Å². The van der Waals surface area contributed by atoms with Crippen LogP contribution in [0.3, 0.4) is 0 Å². The molecule has 0 saturated carbocycles. The van der Waals surface area contributed by atoms with Crippen molar-refractivity contribution in [3.8, 4) is 0 Å². The van der Waals surface area contributed by atoms with Crippen LogP contribution >= 0.6 is 0 Å². The molecule has 0 bridgehead atoms. The van der Waals surface area contributed by atoms with Crippen LogP contribution in [0.4, 0.5) is 0 Å². The summed E-state index contributed by atoms with van der Waals surface area (Å²) in [5.74, 6) is 0. The Hall–Kier alpha value is -0.910. The van der Waals surface area contributed by atoms with Gasteiger partial charge in [0.15, 0.2) is 0 Å². The van der Waals surface area contributed by atoms with Gasteiger partial charge in [0.2, 0.25) is 0 Å². The molecule has 20 heavy (non-hydrogen) atoms. The fraction of sp³-hybridized carbons (Fsp3) is 0.800. The summed E-state index contributed by atoms with van der Waals surface area (Å²) in [5.41, 5.74) is 3.85. The van der Waals surface area contributed by atoms with Crippen molar-refractivity contribution in [2.45, 2.75) is 33.9 Å². The second kappa shape index (κ2) is 7.20. The molecule has 5 heteroatoms. The van der Waals surface area contributed by atoms with Gasteiger partial charge in [0.1, 0.15) is 0 Å². The van der Waals surface area contributed by atoms with Gasteiger partial charge in [-0.1, -0.05) is 6.92 Å². The van der Waals surface area contributed by atoms with E-state index in [0.717, 1.165) is 26.2 Å². The summed E-state index contributed by atoms with van der Waals surface area (Å²) in [5, 5.41) is 8.10. The van der Waals surface area contributed by atoms with Gasteiger partial charge < -0.3 is 10.2 Å². The van der Waals surface area contributed by atoms with E-state index in [1.165, 1.54) is 43.1 Å². The van der Waals surface area contributed by atoms with Crippen molar-refractivity contribution in [3.05, 3.63) is 17.0 Å².